The Labute approximate surface area is 162 Å². The number of carbonyl (C=O) groups excluding carboxylic acids is 1. The molecule has 3 rings (SSSR count). The Morgan fingerprint density at radius 3 is 2.26 bits per heavy atom. The highest BCUT2D eigenvalue weighted by atomic mass is 16.2. The molecule has 0 aromatic heterocycles. The van der Waals surface area contributed by atoms with E-state index in [-0.39, 0.29) is 6.03 Å². The van der Waals surface area contributed by atoms with Gasteiger partial charge in [0.05, 0.1) is 0 Å². The van der Waals surface area contributed by atoms with E-state index in [0.29, 0.717) is 0 Å². The molecule has 2 N–H and O–H groups in total. The van der Waals surface area contributed by atoms with Crippen molar-refractivity contribution in [3.8, 4) is 0 Å². The molecule has 2 amide bonds. The van der Waals surface area contributed by atoms with E-state index in [1.165, 1.54) is 24.2 Å². The van der Waals surface area contributed by atoms with Crippen LogP contribution in [0.25, 0.3) is 0 Å². The number of hydrogen-bond donors (Lipinski definition) is 2. The third-order valence-corrected chi connectivity index (χ3v) is 5.18. The molecule has 1 saturated heterocycles. The van der Waals surface area contributed by atoms with E-state index in [2.05, 4.69) is 58.5 Å². The Hall–Kier alpha value is -2.69. The minimum atomic E-state index is -0.220. The van der Waals surface area contributed by atoms with Gasteiger partial charge in [0.15, 0.2) is 0 Å². The summed E-state index contributed by atoms with van der Waals surface area (Å²) in [7, 11) is 0. The number of nitrogens with one attached hydrogen (secondary N) is 2. The van der Waals surface area contributed by atoms with Crippen LogP contribution in [0.1, 0.15) is 32.3 Å². The fraction of sp³-hybridized carbons (Fsp3) is 0.409. The summed E-state index contributed by atoms with van der Waals surface area (Å²) in [6, 6.07) is 14.0. The Bertz CT molecular complexity index is 762. The molecule has 1 heterocycles. The number of carbonyl (C=O) groups is 1. The molecule has 0 radical (unpaired) electrons. The Balaban J connectivity index is 1.60. The standard InChI is InChI=1S/C22H30N4O/c1-4-25(5-2)20-12-13-21(17(3)16-20)24-22(27)23-18-8-10-19(11-9-18)26-14-6-7-15-26/h8-13,16H,4-7,14-15H2,1-3H3,(H2,23,24,27). The zero-order valence-corrected chi connectivity index (χ0v) is 16.6. The first kappa shape index (κ1) is 19.1. The highest BCUT2D eigenvalue weighted by Gasteiger charge is 2.12. The lowest BCUT2D eigenvalue weighted by Crippen LogP contribution is -2.23. The third kappa shape index (κ3) is 4.73. The molecule has 144 valence electrons. The van der Waals surface area contributed by atoms with Crippen LogP contribution in [0.15, 0.2) is 42.5 Å². The van der Waals surface area contributed by atoms with Gasteiger partial charge < -0.3 is 20.4 Å². The van der Waals surface area contributed by atoms with Gasteiger partial charge in [0, 0.05) is 48.9 Å². The van der Waals surface area contributed by atoms with Crippen LogP contribution in [0.5, 0.6) is 0 Å². The molecule has 0 bridgehead atoms. The summed E-state index contributed by atoms with van der Waals surface area (Å²) < 4.78 is 0. The van der Waals surface area contributed by atoms with Crippen molar-refractivity contribution in [1.29, 1.82) is 0 Å². The molecule has 5 heteroatoms. The van der Waals surface area contributed by atoms with E-state index in [9.17, 15) is 4.79 Å². The molecule has 0 atom stereocenters. The van der Waals surface area contributed by atoms with E-state index in [1.54, 1.807) is 0 Å². The van der Waals surface area contributed by atoms with Gasteiger partial charge in [0.25, 0.3) is 0 Å². The van der Waals surface area contributed by atoms with Crippen molar-refractivity contribution in [2.75, 3.05) is 46.6 Å². The number of nitrogens with zero attached hydrogens (tertiary/aromatic N) is 2. The van der Waals surface area contributed by atoms with Crippen molar-refractivity contribution in [2.45, 2.75) is 33.6 Å². The molecule has 5 nitrogen and oxygen atoms in total. The molecule has 1 aliphatic rings. The van der Waals surface area contributed by atoms with Crippen molar-refractivity contribution in [3.63, 3.8) is 0 Å². The topological polar surface area (TPSA) is 47.6 Å². The SMILES string of the molecule is CCN(CC)c1ccc(NC(=O)Nc2ccc(N3CCCC3)cc2)c(C)c1. The first-order valence-electron chi connectivity index (χ1n) is 9.89. The van der Waals surface area contributed by atoms with Gasteiger partial charge in [-0.25, -0.2) is 4.79 Å². The zero-order valence-electron chi connectivity index (χ0n) is 16.6. The molecule has 2 aromatic rings. The monoisotopic (exact) mass is 366 g/mol. The van der Waals surface area contributed by atoms with Crippen LogP contribution < -0.4 is 20.4 Å². The van der Waals surface area contributed by atoms with E-state index in [4.69, 9.17) is 0 Å². The zero-order chi connectivity index (χ0) is 19.2. The lowest BCUT2D eigenvalue weighted by Gasteiger charge is -2.22. The highest BCUT2D eigenvalue weighted by Crippen LogP contribution is 2.24. The smallest absolute Gasteiger partial charge is 0.323 e. The van der Waals surface area contributed by atoms with Crippen LogP contribution in [-0.2, 0) is 0 Å². The van der Waals surface area contributed by atoms with Gasteiger partial charge >= 0.3 is 6.03 Å². The summed E-state index contributed by atoms with van der Waals surface area (Å²) in [5.74, 6) is 0. The van der Waals surface area contributed by atoms with Gasteiger partial charge in [-0.1, -0.05) is 0 Å². The van der Waals surface area contributed by atoms with Crippen molar-refractivity contribution in [1.82, 2.24) is 0 Å². The molecular weight excluding hydrogens is 336 g/mol. The molecule has 1 aliphatic heterocycles. The molecular formula is C22H30N4O. The molecule has 0 unspecified atom stereocenters. The van der Waals surface area contributed by atoms with Gasteiger partial charge in [-0.3, -0.25) is 0 Å². The number of hydrogen-bond acceptors (Lipinski definition) is 3. The summed E-state index contributed by atoms with van der Waals surface area (Å²) in [5.41, 5.74) is 5.09. The van der Waals surface area contributed by atoms with Crippen molar-refractivity contribution in [3.05, 3.63) is 48.0 Å². The molecule has 0 spiro atoms. The molecule has 0 aliphatic carbocycles. The van der Waals surface area contributed by atoms with Gasteiger partial charge in [-0.15, -0.1) is 0 Å². The maximum Gasteiger partial charge on any atom is 0.323 e. The average Bonchev–Trinajstić information content (AvgIpc) is 3.20. The third-order valence-electron chi connectivity index (χ3n) is 5.18. The predicted molar refractivity (Wildman–Crippen MR) is 115 cm³/mol. The quantitative estimate of drug-likeness (QED) is 0.749. The lowest BCUT2D eigenvalue weighted by molar-refractivity contribution is 0.262. The summed E-state index contributed by atoms with van der Waals surface area (Å²) in [5, 5.41) is 5.87. The van der Waals surface area contributed by atoms with Crippen LogP contribution in [-0.4, -0.2) is 32.2 Å². The largest absolute Gasteiger partial charge is 0.372 e. The van der Waals surface area contributed by atoms with Crippen LogP contribution in [0.4, 0.5) is 27.5 Å². The fourth-order valence-electron chi connectivity index (χ4n) is 3.59. The number of urea groups is 1. The number of aryl methyl sites for hydroxylation is 1. The van der Waals surface area contributed by atoms with E-state index >= 15 is 0 Å². The van der Waals surface area contributed by atoms with Crippen LogP contribution in [0.3, 0.4) is 0 Å². The number of benzene rings is 2. The van der Waals surface area contributed by atoms with Gasteiger partial charge in [0.2, 0.25) is 0 Å². The predicted octanol–water partition coefficient (Wildman–Crippen LogP) is 5.09. The molecule has 27 heavy (non-hydrogen) atoms. The summed E-state index contributed by atoms with van der Waals surface area (Å²) in [6.07, 6.45) is 2.52. The summed E-state index contributed by atoms with van der Waals surface area (Å²) >= 11 is 0. The van der Waals surface area contributed by atoms with Crippen LogP contribution >= 0.6 is 0 Å². The first-order valence-corrected chi connectivity index (χ1v) is 9.89. The second kappa shape index (κ2) is 8.80. The first-order chi connectivity index (χ1) is 13.1. The minimum absolute atomic E-state index is 0.220. The van der Waals surface area contributed by atoms with E-state index in [1.807, 2.05) is 25.1 Å². The van der Waals surface area contributed by atoms with Crippen molar-refractivity contribution in [2.24, 2.45) is 0 Å². The molecule has 1 fully saturated rings. The fourth-order valence-corrected chi connectivity index (χ4v) is 3.59. The van der Waals surface area contributed by atoms with E-state index in [0.717, 1.165) is 43.1 Å². The maximum atomic E-state index is 12.4. The lowest BCUT2D eigenvalue weighted by atomic mass is 10.1. The second-order valence-electron chi connectivity index (χ2n) is 6.99. The van der Waals surface area contributed by atoms with Crippen molar-refractivity contribution < 1.29 is 4.79 Å². The number of amides is 2. The number of rotatable bonds is 6. The van der Waals surface area contributed by atoms with E-state index < -0.39 is 0 Å². The normalized spacial score (nSPS) is 13.5. The summed E-state index contributed by atoms with van der Waals surface area (Å²) in [4.78, 5) is 17.0. The average molecular weight is 367 g/mol. The Kier molecular flexibility index (Phi) is 6.22. The van der Waals surface area contributed by atoms with Gasteiger partial charge in [-0.05, 0) is 81.6 Å². The highest BCUT2D eigenvalue weighted by molar-refractivity contribution is 6.00. The van der Waals surface area contributed by atoms with Crippen LogP contribution in [0, 0.1) is 6.92 Å². The van der Waals surface area contributed by atoms with Gasteiger partial charge in [-0.2, -0.15) is 0 Å². The number of anilines is 4. The Morgan fingerprint density at radius 2 is 1.67 bits per heavy atom. The minimum Gasteiger partial charge on any atom is -0.372 e. The van der Waals surface area contributed by atoms with Gasteiger partial charge in [0.1, 0.15) is 0 Å². The van der Waals surface area contributed by atoms with Crippen LogP contribution in [0.2, 0.25) is 0 Å². The Morgan fingerprint density at radius 1 is 1.00 bits per heavy atom. The molecule has 0 saturated carbocycles. The second-order valence-corrected chi connectivity index (χ2v) is 6.99. The summed E-state index contributed by atoms with van der Waals surface area (Å²) in [6.45, 7) is 10.5. The molecule has 2 aromatic carbocycles. The maximum absolute atomic E-state index is 12.4. The van der Waals surface area contributed by atoms with Crippen molar-refractivity contribution >= 4 is 28.8 Å².